The van der Waals surface area contributed by atoms with Gasteiger partial charge in [-0.2, -0.15) is 9.67 Å². The molecule has 4 rings (SSSR count). The Morgan fingerprint density at radius 2 is 1.96 bits per heavy atom. The predicted molar refractivity (Wildman–Crippen MR) is 109 cm³/mol. The van der Waals surface area contributed by atoms with E-state index in [4.69, 9.17) is 0 Å². The molecule has 0 bridgehead atoms. The Hall–Kier alpha value is -2.81. The third-order valence-corrected chi connectivity index (χ3v) is 5.56. The van der Waals surface area contributed by atoms with Gasteiger partial charge in [0.05, 0.1) is 11.3 Å². The van der Waals surface area contributed by atoms with Crippen molar-refractivity contribution in [1.82, 2.24) is 34.6 Å². The highest BCUT2D eigenvalue weighted by Gasteiger charge is 2.14. The van der Waals surface area contributed by atoms with Gasteiger partial charge in [-0.05, 0) is 44.4 Å². The van der Waals surface area contributed by atoms with Gasteiger partial charge in [-0.25, -0.2) is 9.50 Å². The number of thioether (sulfide) groups is 1. The molecule has 0 radical (unpaired) electrons. The Morgan fingerprint density at radius 1 is 1.14 bits per heavy atom. The quantitative estimate of drug-likeness (QED) is 0.464. The van der Waals surface area contributed by atoms with Crippen LogP contribution >= 0.6 is 11.8 Å². The molecule has 0 saturated heterocycles. The Balaban J connectivity index is 1.61. The first-order chi connectivity index (χ1) is 13.6. The average molecular weight is 395 g/mol. The van der Waals surface area contributed by atoms with Crippen molar-refractivity contribution in [3.05, 3.63) is 51.6 Å². The molecule has 1 aromatic carbocycles. The fourth-order valence-corrected chi connectivity index (χ4v) is 3.89. The highest BCUT2D eigenvalue weighted by molar-refractivity contribution is 7.98. The van der Waals surface area contributed by atoms with Gasteiger partial charge in [-0.3, -0.25) is 4.79 Å². The summed E-state index contributed by atoms with van der Waals surface area (Å²) in [4.78, 5) is 21.7. The minimum atomic E-state index is -0.172. The van der Waals surface area contributed by atoms with Crippen LogP contribution < -0.4 is 5.56 Å². The van der Waals surface area contributed by atoms with E-state index >= 15 is 0 Å². The van der Waals surface area contributed by atoms with E-state index in [1.54, 1.807) is 16.6 Å². The molecule has 0 N–H and O–H groups in total. The van der Waals surface area contributed by atoms with Gasteiger partial charge in [0.2, 0.25) is 5.16 Å². The van der Waals surface area contributed by atoms with Gasteiger partial charge < -0.3 is 0 Å². The van der Waals surface area contributed by atoms with E-state index in [2.05, 4.69) is 39.2 Å². The molecular weight excluding hydrogens is 374 g/mol. The molecule has 0 atom stereocenters. The van der Waals surface area contributed by atoms with Crippen molar-refractivity contribution in [2.75, 3.05) is 0 Å². The molecule has 0 aliphatic rings. The fraction of sp³-hybridized carbons (Fsp3) is 0.368. The topological polar surface area (TPSA) is 90.9 Å². The number of hydrogen-bond donors (Lipinski definition) is 0. The summed E-state index contributed by atoms with van der Waals surface area (Å²) in [5.41, 5.74) is 3.72. The highest BCUT2D eigenvalue weighted by atomic mass is 32.2. The molecule has 4 aromatic rings. The van der Waals surface area contributed by atoms with Gasteiger partial charge in [-0.15, -0.1) is 10.2 Å². The van der Waals surface area contributed by atoms with Crippen molar-refractivity contribution in [2.45, 2.75) is 51.1 Å². The number of aromatic nitrogens is 7. The standard InChI is InChI=1S/C19H21N7OS/c1-4-5-8-14-12(2)20-18-21-19(23-26(18)13(14)3)28-11-25-17(27)15-9-6-7-10-16(15)22-24-25/h6-7,9-10H,4-5,8,11H2,1-3H3. The second kappa shape index (κ2) is 7.67. The maximum absolute atomic E-state index is 12.6. The van der Waals surface area contributed by atoms with Crippen LogP contribution in [0.3, 0.4) is 0 Å². The summed E-state index contributed by atoms with van der Waals surface area (Å²) < 4.78 is 3.12. The average Bonchev–Trinajstić information content (AvgIpc) is 3.10. The molecule has 28 heavy (non-hydrogen) atoms. The van der Waals surface area contributed by atoms with Crippen LogP contribution in [0.2, 0.25) is 0 Å². The molecule has 8 nitrogen and oxygen atoms in total. The van der Waals surface area contributed by atoms with Gasteiger partial charge in [0, 0.05) is 11.4 Å². The smallest absolute Gasteiger partial charge is 0.267 e. The third kappa shape index (κ3) is 3.37. The first-order valence-electron chi connectivity index (χ1n) is 9.26. The summed E-state index contributed by atoms with van der Waals surface area (Å²) in [6, 6.07) is 7.18. The van der Waals surface area contributed by atoms with Crippen LogP contribution in [0.4, 0.5) is 0 Å². The molecular formula is C19H21N7OS. The van der Waals surface area contributed by atoms with E-state index in [1.165, 1.54) is 22.0 Å². The maximum Gasteiger partial charge on any atom is 0.278 e. The molecule has 0 saturated carbocycles. The minimum absolute atomic E-state index is 0.172. The summed E-state index contributed by atoms with van der Waals surface area (Å²) in [5, 5.41) is 13.8. The zero-order chi connectivity index (χ0) is 19.7. The number of hydrogen-bond acceptors (Lipinski definition) is 7. The molecule has 3 heterocycles. The number of rotatable bonds is 6. The number of unbranched alkanes of at least 4 members (excludes halogenated alkanes) is 1. The monoisotopic (exact) mass is 395 g/mol. The Labute approximate surface area is 166 Å². The van der Waals surface area contributed by atoms with E-state index in [0.717, 1.165) is 30.7 Å². The molecule has 0 unspecified atom stereocenters. The second-order valence-electron chi connectivity index (χ2n) is 6.66. The fourth-order valence-electron chi connectivity index (χ4n) is 3.19. The lowest BCUT2D eigenvalue weighted by molar-refractivity contribution is 0.643. The first-order valence-corrected chi connectivity index (χ1v) is 10.2. The predicted octanol–water partition coefficient (Wildman–Crippen LogP) is 2.94. The summed E-state index contributed by atoms with van der Waals surface area (Å²) in [5.74, 6) is 0.864. The van der Waals surface area contributed by atoms with Crippen LogP contribution in [-0.2, 0) is 12.3 Å². The summed E-state index contributed by atoms with van der Waals surface area (Å²) in [7, 11) is 0. The summed E-state index contributed by atoms with van der Waals surface area (Å²) >= 11 is 1.34. The van der Waals surface area contributed by atoms with Crippen molar-refractivity contribution in [1.29, 1.82) is 0 Å². The Bertz CT molecular complexity index is 1210. The van der Waals surface area contributed by atoms with Crippen molar-refractivity contribution in [2.24, 2.45) is 0 Å². The van der Waals surface area contributed by atoms with Crippen molar-refractivity contribution in [3.63, 3.8) is 0 Å². The van der Waals surface area contributed by atoms with Gasteiger partial charge in [-0.1, -0.05) is 42.5 Å². The van der Waals surface area contributed by atoms with Crippen molar-refractivity contribution >= 4 is 28.4 Å². The van der Waals surface area contributed by atoms with E-state index in [9.17, 15) is 4.79 Å². The lowest BCUT2D eigenvalue weighted by Crippen LogP contribution is -2.23. The summed E-state index contributed by atoms with van der Waals surface area (Å²) in [6.07, 6.45) is 3.24. The van der Waals surface area contributed by atoms with E-state index < -0.39 is 0 Å². The molecule has 0 aliphatic heterocycles. The third-order valence-electron chi connectivity index (χ3n) is 4.76. The van der Waals surface area contributed by atoms with Gasteiger partial charge >= 0.3 is 0 Å². The lowest BCUT2D eigenvalue weighted by atomic mass is 10.1. The van der Waals surface area contributed by atoms with Crippen LogP contribution in [0.5, 0.6) is 0 Å². The van der Waals surface area contributed by atoms with E-state index in [-0.39, 0.29) is 11.4 Å². The Morgan fingerprint density at radius 3 is 2.79 bits per heavy atom. The summed E-state index contributed by atoms with van der Waals surface area (Å²) in [6.45, 7) is 6.25. The molecule has 3 aromatic heterocycles. The van der Waals surface area contributed by atoms with Crippen LogP contribution in [0.15, 0.2) is 34.2 Å². The van der Waals surface area contributed by atoms with Gasteiger partial charge in [0.25, 0.3) is 11.3 Å². The van der Waals surface area contributed by atoms with Crippen molar-refractivity contribution < 1.29 is 0 Å². The van der Waals surface area contributed by atoms with Gasteiger partial charge in [0.1, 0.15) is 5.52 Å². The molecule has 0 spiro atoms. The minimum Gasteiger partial charge on any atom is -0.267 e. The molecule has 0 aliphatic carbocycles. The molecule has 0 fully saturated rings. The van der Waals surface area contributed by atoms with Crippen LogP contribution in [0.1, 0.15) is 36.7 Å². The Kier molecular flexibility index (Phi) is 5.08. The van der Waals surface area contributed by atoms with Gasteiger partial charge in [0.15, 0.2) is 0 Å². The zero-order valence-electron chi connectivity index (χ0n) is 16.1. The molecule has 144 valence electrons. The van der Waals surface area contributed by atoms with E-state index in [1.807, 2.05) is 19.1 Å². The zero-order valence-corrected chi connectivity index (χ0v) is 16.9. The van der Waals surface area contributed by atoms with Crippen LogP contribution in [-0.4, -0.2) is 34.6 Å². The highest BCUT2D eigenvalue weighted by Crippen LogP contribution is 2.20. The SMILES string of the molecule is CCCCc1c(C)nc2nc(SCn3nnc4ccccc4c3=O)nn2c1C. The number of benzene rings is 1. The van der Waals surface area contributed by atoms with E-state index in [0.29, 0.717) is 21.8 Å². The van der Waals surface area contributed by atoms with Crippen LogP contribution in [0, 0.1) is 13.8 Å². The number of nitrogens with zero attached hydrogens (tertiary/aromatic N) is 7. The lowest BCUT2D eigenvalue weighted by Gasteiger charge is -2.09. The number of aryl methyl sites for hydroxylation is 2. The molecule has 9 heteroatoms. The van der Waals surface area contributed by atoms with Crippen LogP contribution in [0.25, 0.3) is 16.7 Å². The number of fused-ring (bicyclic) bond motifs is 2. The maximum atomic E-state index is 12.6. The van der Waals surface area contributed by atoms with Crippen molar-refractivity contribution in [3.8, 4) is 0 Å². The molecule has 0 amide bonds. The normalized spacial score (nSPS) is 11.5. The first kappa shape index (κ1) is 18.5. The second-order valence-corrected chi connectivity index (χ2v) is 7.57. The largest absolute Gasteiger partial charge is 0.278 e.